The van der Waals surface area contributed by atoms with Crippen molar-refractivity contribution in [2.24, 2.45) is 0 Å². The van der Waals surface area contributed by atoms with Gasteiger partial charge in [0.25, 0.3) is 0 Å². The summed E-state index contributed by atoms with van der Waals surface area (Å²) in [6.07, 6.45) is -0.0703. The zero-order valence-electron chi connectivity index (χ0n) is 11.6. The number of nitrogens with zero attached hydrogens (tertiary/aromatic N) is 1. The predicted molar refractivity (Wildman–Crippen MR) is 75.3 cm³/mol. The Morgan fingerprint density at radius 3 is 2.79 bits per heavy atom. The van der Waals surface area contributed by atoms with Gasteiger partial charge in [-0.1, -0.05) is 13.8 Å². The van der Waals surface area contributed by atoms with Crippen molar-refractivity contribution in [1.29, 1.82) is 0 Å². The Balaban J connectivity index is 2.17. The molecule has 0 saturated carbocycles. The number of aliphatic hydroxyl groups is 1. The maximum absolute atomic E-state index is 10.00. The maximum atomic E-state index is 10.00. The van der Waals surface area contributed by atoms with Crippen molar-refractivity contribution >= 4 is 10.9 Å². The van der Waals surface area contributed by atoms with Gasteiger partial charge in [-0.2, -0.15) is 5.10 Å². The predicted octanol–water partition coefficient (Wildman–Crippen LogP) is 1.48. The van der Waals surface area contributed by atoms with E-state index in [9.17, 15) is 10.2 Å². The second-order valence-electron chi connectivity index (χ2n) is 5.30. The fourth-order valence-corrected chi connectivity index (χ4v) is 2.16. The molecular formula is C14H21N3O2. The molecule has 1 aromatic heterocycles. The number of nitrogens with one attached hydrogen (secondary N) is 2. The van der Waals surface area contributed by atoms with E-state index in [1.165, 1.54) is 0 Å². The maximum Gasteiger partial charge on any atom is 0.127 e. The Kier molecular flexibility index (Phi) is 4.07. The highest BCUT2D eigenvalue weighted by Gasteiger charge is 2.14. The number of hydrogen-bond acceptors (Lipinski definition) is 4. The molecule has 1 aromatic carbocycles. The van der Waals surface area contributed by atoms with E-state index < -0.39 is 6.10 Å². The summed E-state index contributed by atoms with van der Waals surface area (Å²) >= 11 is 0. The van der Waals surface area contributed by atoms with E-state index in [-0.39, 0.29) is 5.75 Å². The van der Waals surface area contributed by atoms with Gasteiger partial charge in [0.15, 0.2) is 0 Å². The molecule has 0 fully saturated rings. The first-order chi connectivity index (χ1) is 8.97. The van der Waals surface area contributed by atoms with Crippen LogP contribution in [0.15, 0.2) is 12.1 Å². The van der Waals surface area contributed by atoms with E-state index in [2.05, 4.69) is 15.5 Å². The van der Waals surface area contributed by atoms with Crippen LogP contribution in [-0.2, 0) is 6.42 Å². The molecule has 4 N–H and O–H groups in total. The molecular weight excluding hydrogens is 242 g/mol. The van der Waals surface area contributed by atoms with Gasteiger partial charge >= 0.3 is 0 Å². The number of hydrogen-bond donors (Lipinski definition) is 4. The van der Waals surface area contributed by atoms with Crippen LogP contribution in [0.3, 0.4) is 0 Å². The van der Waals surface area contributed by atoms with Gasteiger partial charge in [0.2, 0.25) is 0 Å². The lowest BCUT2D eigenvalue weighted by atomic mass is 10.1. The van der Waals surface area contributed by atoms with Crippen LogP contribution in [0.25, 0.3) is 10.9 Å². The number of H-pyrrole nitrogens is 1. The number of aromatic nitrogens is 2. The molecule has 19 heavy (non-hydrogen) atoms. The minimum atomic E-state index is -0.508. The summed E-state index contributed by atoms with van der Waals surface area (Å²) in [4.78, 5) is 0. The molecule has 1 atom stereocenters. The summed E-state index contributed by atoms with van der Waals surface area (Å²) in [7, 11) is 0. The van der Waals surface area contributed by atoms with Gasteiger partial charge in [-0.25, -0.2) is 0 Å². The van der Waals surface area contributed by atoms with Crippen molar-refractivity contribution in [3.63, 3.8) is 0 Å². The Bertz CT molecular complexity index is 563. The van der Waals surface area contributed by atoms with Gasteiger partial charge < -0.3 is 15.5 Å². The molecule has 5 heteroatoms. The summed E-state index contributed by atoms with van der Waals surface area (Å²) in [6.45, 7) is 6.50. The number of fused-ring (bicyclic) bond motifs is 1. The van der Waals surface area contributed by atoms with Gasteiger partial charge in [-0.05, 0) is 24.6 Å². The molecule has 2 aromatic rings. The van der Waals surface area contributed by atoms with Gasteiger partial charge in [-0.15, -0.1) is 0 Å². The van der Waals surface area contributed by atoms with Crippen molar-refractivity contribution < 1.29 is 10.2 Å². The second kappa shape index (κ2) is 5.59. The van der Waals surface area contributed by atoms with Crippen LogP contribution in [-0.4, -0.2) is 39.1 Å². The third-order valence-electron chi connectivity index (χ3n) is 3.06. The lowest BCUT2D eigenvalue weighted by Crippen LogP contribution is -2.33. The van der Waals surface area contributed by atoms with E-state index in [0.717, 1.165) is 16.8 Å². The first kappa shape index (κ1) is 13.8. The molecule has 0 spiro atoms. The SMILES string of the molecule is Cc1cc(O)c2c(CC(O)CNC(C)C)[nH]nc2c1. The van der Waals surface area contributed by atoms with Crippen molar-refractivity contribution in [3.05, 3.63) is 23.4 Å². The monoisotopic (exact) mass is 263 g/mol. The summed E-state index contributed by atoms with van der Waals surface area (Å²) in [5, 5.41) is 30.9. The molecule has 2 rings (SSSR count). The number of benzene rings is 1. The van der Waals surface area contributed by atoms with E-state index in [0.29, 0.717) is 24.4 Å². The average molecular weight is 263 g/mol. The lowest BCUT2D eigenvalue weighted by molar-refractivity contribution is 0.168. The van der Waals surface area contributed by atoms with Gasteiger partial charge in [0.1, 0.15) is 5.75 Å². The van der Waals surface area contributed by atoms with Crippen molar-refractivity contribution in [3.8, 4) is 5.75 Å². The molecule has 104 valence electrons. The Hall–Kier alpha value is -1.59. The van der Waals surface area contributed by atoms with Gasteiger partial charge in [-0.3, -0.25) is 5.10 Å². The standard InChI is InChI=1S/C14H21N3O2/c1-8(2)15-7-10(18)6-12-14-11(16-17-12)4-9(3)5-13(14)19/h4-5,8,10,15,18-19H,6-7H2,1-3H3,(H,16,17). The summed E-state index contributed by atoms with van der Waals surface area (Å²) in [6, 6.07) is 3.96. The summed E-state index contributed by atoms with van der Waals surface area (Å²) in [5.74, 6) is 0.211. The van der Waals surface area contributed by atoms with Crippen LogP contribution in [0.1, 0.15) is 25.1 Å². The van der Waals surface area contributed by atoms with Crippen molar-refractivity contribution in [1.82, 2.24) is 15.5 Å². The van der Waals surface area contributed by atoms with Crippen LogP contribution in [0.2, 0.25) is 0 Å². The molecule has 5 nitrogen and oxygen atoms in total. The van der Waals surface area contributed by atoms with Gasteiger partial charge in [0, 0.05) is 24.7 Å². The second-order valence-corrected chi connectivity index (χ2v) is 5.30. The number of aromatic hydroxyl groups is 1. The average Bonchev–Trinajstić information content (AvgIpc) is 2.69. The highest BCUT2D eigenvalue weighted by Crippen LogP contribution is 2.28. The van der Waals surface area contributed by atoms with Crippen molar-refractivity contribution in [2.45, 2.75) is 39.3 Å². The van der Waals surface area contributed by atoms with E-state index in [4.69, 9.17) is 0 Å². The zero-order chi connectivity index (χ0) is 14.0. The third kappa shape index (κ3) is 3.24. The quantitative estimate of drug-likeness (QED) is 0.658. The fourth-order valence-electron chi connectivity index (χ4n) is 2.16. The number of aliphatic hydroxyl groups excluding tert-OH is 1. The molecule has 0 bridgehead atoms. The molecule has 0 aliphatic rings. The number of aromatic amines is 1. The molecule has 0 saturated heterocycles. The Morgan fingerprint density at radius 1 is 1.37 bits per heavy atom. The third-order valence-corrected chi connectivity index (χ3v) is 3.06. The molecule has 1 unspecified atom stereocenters. The van der Waals surface area contributed by atoms with E-state index in [1.54, 1.807) is 6.07 Å². The molecule has 1 heterocycles. The number of phenolic OH excluding ortho intramolecular Hbond substituents is 1. The van der Waals surface area contributed by atoms with E-state index >= 15 is 0 Å². The Labute approximate surface area is 112 Å². The van der Waals surface area contributed by atoms with Crippen LogP contribution in [0, 0.1) is 6.92 Å². The molecule has 0 aliphatic heterocycles. The Morgan fingerprint density at radius 2 is 2.11 bits per heavy atom. The fraction of sp³-hybridized carbons (Fsp3) is 0.500. The zero-order valence-corrected chi connectivity index (χ0v) is 11.6. The number of phenols is 1. The minimum Gasteiger partial charge on any atom is -0.507 e. The normalized spacial score (nSPS) is 13.3. The van der Waals surface area contributed by atoms with Crippen molar-refractivity contribution in [2.75, 3.05) is 6.54 Å². The topological polar surface area (TPSA) is 81.2 Å². The smallest absolute Gasteiger partial charge is 0.127 e. The summed E-state index contributed by atoms with van der Waals surface area (Å²) < 4.78 is 0. The van der Waals surface area contributed by atoms with E-state index in [1.807, 2.05) is 26.8 Å². The molecule has 0 aliphatic carbocycles. The van der Waals surface area contributed by atoms with Crippen LogP contribution >= 0.6 is 0 Å². The number of rotatable bonds is 5. The van der Waals surface area contributed by atoms with Crippen LogP contribution in [0.5, 0.6) is 5.75 Å². The van der Waals surface area contributed by atoms with Gasteiger partial charge in [0.05, 0.1) is 17.0 Å². The first-order valence-electron chi connectivity index (χ1n) is 6.55. The van der Waals surface area contributed by atoms with Crippen LogP contribution in [0.4, 0.5) is 0 Å². The molecule has 0 radical (unpaired) electrons. The lowest BCUT2D eigenvalue weighted by Gasteiger charge is -2.13. The minimum absolute atomic E-state index is 0.211. The highest BCUT2D eigenvalue weighted by molar-refractivity contribution is 5.88. The highest BCUT2D eigenvalue weighted by atomic mass is 16.3. The molecule has 0 amide bonds. The number of aryl methyl sites for hydroxylation is 1. The first-order valence-corrected chi connectivity index (χ1v) is 6.55. The largest absolute Gasteiger partial charge is 0.507 e. The van der Waals surface area contributed by atoms with Crippen LogP contribution < -0.4 is 5.32 Å². The summed E-state index contributed by atoms with van der Waals surface area (Å²) in [5.41, 5.74) is 2.46.